The summed E-state index contributed by atoms with van der Waals surface area (Å²) in [5.74, 6) is 0. The van der Waals surface area contributed by atoms with Crippen LogP contribution in [0.15, 0.2) is 122 Å². The summed E-state index contributed by atoms with van der Waals surface area (Å²) >= 11 is 0. The molecule has 0 atom stereocenters. The van der Waals surface area contributed by atoms with Gasteiger partial charge in [-0.05, 0) is 96.5 Å². The first-order valence-corrected chi connectivity index (χ1v) is 43.7. The van der Waals surface area contributed by atoms with Crippen LogP contribution in [0.25, 0.3) is 90.9 Å². The number of aryl methyl sites for hydroxylation is 4. The molecule has 0 saturated heterocycles. The van der Waals surface area contributed by atoms with Crippen molar-refractivity contribution in [1.82, 2.24) is 19.9 Å². The molecular weight excluding hydrogens is 1270 g/mol. The molecule has 7 aromatic heterocycles. The van der Waals surface area contributed by atoms with E-state index < -0.39 is 0 Å². The molecule has 8 nitrogen and oxygen atoms in total. The number of nitrogens with one attached hydrogen (secondary N) is 2. The number of unbranched alkanes of at least 4 members (excludes halogenated alkanes) is 44. The van der Waals surface area contributed by atoms with Crippen molar-refractivity contribution in [3.8, 4) is 44.5 Å². The minimum absolute atomic E-state index is 0.924. The molecule has 0 aromatic carbocycles. The van der Waals surface area contributed by atoms with Gasteiger partial charge in [-0.1, -0.05) is 285 Å². The smallest absolute Gasteiger partial charge is 0.169 e. The number of rotatable bonds is 56. The second-order valence-corrected chi connectivity index (χ2v) is 31.4. The number of aromatic amines is 2. The third kappa shape index (κ3) is 28.2. The third-order valence-electron chi connectivity index (χ3n) is 22.6. The van der Waals surface area contributed by atoms with E-state index in [-0.39, 0.29) is 0 Å². The molecule has 8 heteroatoms. The maximum Gasteiger partial charge on any atom is 0.169 e. The van der Waals surface area contributed by atoms with Crippen molar-refractivity contribution >= 4 is 46.4 Å². The first-order valence-electron chi connectivity index (χ1n) is 43.7. The molecular formula is C96H142N8+4. The number of fused-ring (bicyclic) bond motifs is 8. The van der Waals surface area contributed by atoms with Gasteiger partial charge < -0.3 is 9.97 Å². The molecule has 2 N–H and O–H groups in total. The van der Waals surface area contributed by atoms with Crippen LogP contribution < -0.4 is 18.3 Å². The van der Waals surface area contributed by atoms with Gasteiger partial charge >= 0.3 is 0 Å². The molecule has 8 bridgehead atoms. The van der Waals surface area contributed by atoms with E-state index in [1.54, 1.807) is 0 Å². The van der Waals surface area contributed by atoms with E-state index in [9.17, 15) is 0 Å². The van der Waals surface area contributed by atoms with E-state index in [0.29, 0.717) is 0 Å². The third-order valence-corrected chi connectivity index (χ3v) is 22.6. The van der Waals surface area contributed by atoms with Crippen LogP contribution in [-0.2, 0) is 26.2 Å². The number of aromatic nitrogens is 8. The SMILES string of the molecule is CCCCCCCCCCCCCC[n+]1ccc(-c2c3nc(c(-c4cc[n+](CCCCCCCCCCCCCC)cc4)c4ccc([nH]4)c(-c4cc[n+](CCCCCCCCCCCCCC)cc4)c4ccc([nH]4)c(-c4cc[n+](CCCCCCCCCCCCCC)cc4)c4nc2C=C4)C=C3)cc1. The molecule has 0 radical (unpaired) electrons. The highest BCUT2D eigenvalue weighted by atomic mass is 14.9. The summed E-state index contributed by atoms with van der Waals surface area (Å²) in [5.41, 5.74) is 16.9. The Balaban J connectivity index is 1.02. The van der Waals surface area contributed by atoms with E-state index in [1.807, 2.05) is 0 Å². The quantitative estimate of drug-likeness (QED) is 0.0294. The number of nitrogens with zero attached hydrogens (tertiary/aromatic N) is 6. The van der Waals surface area contributed by atoms with E-state index in [4.69, 9.17) is 9.97 Å². The first kappa shape index (κ1) is 81.3. The van der Waals surface area contributed by atoms with Gasteiger partial charge in [0, 0.05) is 119 Å². The monoisotopic (exact) mass is 1410 g/mol. The fraction of sp³-hybridized carbons (Fsp3) is 0.583. The Hall–Kier alpha value is -6.80. The van der Waals surface area contributed by atoms with Crippen molar-refractivity contribution in [2.75, 3.05) is 0 Å². The number of pyridine rings is 4. The number of hydrogen-bond acceptors (Lipinski definition) is 2. The predicted molar refractivity (Wildman–Crippen MR) is 446 cm³/mol. The second kappa shape index (κ2) is 49.1. The first-order chi connectivity index (χ1) is 51.5. The molecule has 104 heavy (non-hydrogen) atoms. The molecule has 0 saturated carbocycles. The maximum absolute atomic E-state index is 5.73. The minimum Gasteiger partial charge on any atom is -0.354 e. The van der Waals surface area contributed by atoms with Crippen LogP contribution in [0, 0.1) is 0 Å². The Kier molecular flexibility index (Phi) is 38.4. The van der Waals surface area contributed by atoms with Gasteiger partial charge in [0.1, 0.15) is 26.2 Å². The van der Waals surface area contributed by atoms with Crippen LogP contribution in [0.5, 0.6) is 0 Å². The fourth-order valence-electron chi connectivity index (χ4n) is 16.1. The van der Waals surface area contributed by atoms with Crippen LogP contribution in [0.3, 0.4) is 0 Å². The summed E-state index contributed by atoms with van der Waals surface area (Å²) in [6.07, 6.45) is 92.5. The zero-order chi connectivity index (χ0) is 72.1. The van der Waals surface area contributed by atoms with Gasteiger partial charge in [-0.3, -0.25) is 0 Å². The van der Waals surface area contributed by atoms with E-state index >= 15 is 0 Å². The Labute approximate surface area is 632 Å². The summed E-state index contributed by atoms with van der Waals surface area (Å²) in [7, 11) is 0. The molecule has 0 amide bonds. The van der Waals surface area contributed by atoms with Gasteiger partial charge in [0.05, 0.1) is 22.8 Å². The van der Waals surface area contributed by atoms with Crippen molar-refractivity contribution in [2.24, 2.45) is 0 Å². The predicted octanol–water partition coefficient (Wildman–Crippen LogP) is 27.3. The highest BCUT2D eigenvalue weighted by Crippen LogP contribution is 2.39. The van der Waals surface area contributed by atoms with Gasteiger partial charge in [0.25, 0.3) is 0 Å². The van der Waals surface area contributed by atoms with E-state index in [0.717, 1.165) is 110 Å². The number of H-pyrrole nitrogens is 2. The molecule has 7 aromatic rings. The summed E-state index contributed by atoms with van der Waals surface area (Å²) in [6, 6.07) is 27.7. The molecule has 9 heterocycles. The minimum atomic E-state index is 0.924. The summed E-state index contributed by atoms with van der Waals surface area (Å²) in [6.45, 7) is 13.3. The standard InChI is InChI=1S/C96H141N8/c1-5-9-13-17-21-25-29-33-37-41-45-49-69-101-73-61-81(62-74-101)93-85-53-55-87(97-85)94(82-63-75-102(76-64-82)70-50-46-42-38-34-30-26-22-18-14-10-6-2)89-57-59-91(99-89)96(84-67-79-104(80-68-84)72-52-48-44-40-36-32-28-24-20-16-12-8-4)92-60-58-90(100-92)95(88-56-54-86(93)98-88)83-65-77-103(78-66-83)71-51-47-43-39-35-31-27-23-19-15-11-7-3/h53-68,73-80H,5-52,69-72H2,1-4H3,(H,97,98,99,100)/q+3/p+1. The molecule has 0 fully saturated rings. The zero-order valence-corrected chi connectivity index (χ0v) is 66.3. The molecule has 0 spiro atoms. The van der Waals surface area contributed by atoms with Crippen LogP contribution >= 0.6 is 0 Å². The molecule has 9 rings (SSSR count). The van der Waals surface area contributed by atoms with E-state index in [1.165, 1.54) is 314 Å². The van der Waals surface area contributed by atoms with Crippen LogP contribution in [0.4, 0.5) is 0 Å². The van der Waals surface area contributed by atoms with Crippen LogP contribution in [0.2, 0.25) is 0 Å². The fourth-order valence-corrected chi connectivity index (χ4v) is 16.1. The largest absolute Gasteiger partial charge is 0.354 e. The molecule has 2 aliphatic rings. The van der Waals surface area contributed by atoms with Gasteiger partial charge in [-0.25, -0.2) is 28.2 Å². The van der Waals surface area contributed by atoms with Crippen molar-refractivity contribution in [2.45, 2.75) is 362 Å². The Morgan fingerprint density at radius 1 is 0.202 bits per heavy atom. The summed E-state index contributed by atoms with van der Waals surface area (Å²) < 4.78 is 9.55. The van der Waals surface area contributed by atoms with Gasteiger partial charge in [0.2, 0.25) is 0 Å². The number of hydrogen-bond donors (Lipinski definition) is 2. The highest BCUT2D eigenvalue weighted by molar-refractivity contribution is 6.00. The molecule has 0 aliphatic carbocycles. The Bertz CT molecular complexity index is 3530. The van der Waals surface area contributed by atoms with Crippen LogP contribution in [-0.4, -0.2) is 19.9 Å². The average Bonchev–Trinajstić information content (AvgIpc) is 1.61. The zero-order valence-electron chi connectivity index (χ0n) is 66.3. The maximum atomic E-state index is 5.73. The molecule has 562 valence electrons. The Morgan fingerprint density at radius 2 is 0.375 bits per heavy atom. The summed E-state index contributed by atoms with van der Waals surface area (Å²) in [4.78, 5) is 19.6. The highest BCUT2D eigenvalue weighted by Gasteiger charge is 2.22. The van der Waals surface area contributed by atoms with Crippen molar-refractivity contribution in [1.29, 1.82) is 0 Å². The lowest BCUT2D eigenvalue weighted by Gasteiger charge is -2.07. The second-order valence-electron chi connectivity index (χ2n) is 31.4. The average molecular weight is 1410 g/mol. The van der Waals surface area contributed by atoms with Crippen molar-refractivity contribution in [3.05, 3.63) is 145 Å². The lowest BCUT2D eigenvalue weighted by atomic mass is 10.0. The van der Waals surface area contributed by atoms with E-state index in [2.05, 4.69) is 203 Å². The lowest BCUT2D eigenvalue weighted by Crippen LogP contribution is -2.32. The lowest BCUT2D eigenvalue weighted by molar-refractivity contribution is -0.697. The Morgan fingerprint density at radius 3 is 0.596 bits per heavy atom. The van der Waals surface area contributed by atoms with Gasteiger partial charge in [-0.15, -0.1) is 0 Å². The van der Waals surface area contributed by atoms with Gasteiger partial charge in [-0.2, -0.15) is 0 Å². The summed E-state index contributed by atoms with van der Waals surface area (Å²) in [5, 5.41) is 0. The van der Waals surface area contributed by atoms with Gasteiger partial charge in [0.15, 0.2) is 49.6 Å². The van der Waals surface area contributed by atoms with Crippen molar-refractivity contribution in [3.63, 3.8) is 0 Å². The van der Waals surface area contributed by atoms with Crippen molar-refractivity contribution < 1.29 is 18.3 Å². The topological polar surface area (TPSA) is 72.9 Å². The normalized spacial score (nSPS) is 12.0. The molecule has 0 unspecified atom stereocenters. The van der Waals surface area contributed by atoms with Crippen LogP contribution in [0.1, 0.15) is 359 Å². The molecule has 2 aliphatic heterocycles.